The number of non-ortho nitro benzene ring substituents is 1. The Morgan fingerprint density at radius 1 is 1.27 bits per heavy atom. The molecule has 2 aromatic heterocycles. The summed E-state index contributed by atoms with van der Waals surface area (Å²) in [4.78, 5) is 41.5. The van der Waals surface area contributed by atoms with Gasteiger partial charge in [0.05, 0.1) is 29.4 Å². The number of nitro benzene ring substituents is 1. The van der Waals surface area contributed by atoms with Gasteiger partial charge >= 0.3 is 0 Å². The van der Waals surface area contributed by atoms with E-state index in [4.69, 9.17) is 16.3 Å². The number of benzene rings is 2. The van der Waals surface area contributed by atoms with Gasteiger partial charge in [-0.25, -0.2) is 4.98 Å². The first-order valence-electron chi connectivity index (χ1n) is 9.67. The van der Waals surface area contributed by atoms with Gasteiger partial charge in [0.1, 0.15) is 16.6 Å². The highest BCUT2D eigenvalue weighted by atomic mass is 35.5. The predicted octanol–water partition coefficient (Wildman–Crippen LogP) is 4.89. The standard InChI is InChI=1S/C22H17ClN4O5S/c1-12(20(28)25-17-9-14(23)5-8-18(17)32-2)26-11-24-21-19(22(26)29)16(10-33-21)13-3-6-15(7-4-13)27(30)31/h3-12H,1-2H3,(H,25,28). The first-order chi connectivity index (χ1) is 15.8. The van der Waals surface area contributed by atoms with Crippen molar-refractivity contribution >= 4 is 50.4 Å². The van der Waals surface area contributed by atoms with E-state index < -0.39 is 22.4 Å². The van der Waals surface area contributed by atoms with Gasteiger partial charge in [-0.15, -0.1) is 11.3 Å². The maximum Gasteiger partial charge on any atom is 0.269 e. The van der Waals surface area contributed by atoms with Crippen LogP contribution in [0.2, 0.25) is 5.02 Å². The van der Waals surface area contributed by atoms with Crippen LogP contribution in [0.25, 0.3) is 21.3 Å². The number of halogens is 1. The second-order valence-corrected chi connectivity index (χ2v) is 8.39. The smallest absolute Gasteiger partial charge is 0.269 e. The average molecular weight is 485 g/mol. The molecule has 9 nitrogen and oxygen atoms in total. The number of carbonyl (C=O) groups excluding carboxylic acids is 1. The van der Waals surface area contributed by atoms with E-state index in [2.05, 4.69) is 10.3 Å². The second-order valence-electron chi connectivity index (χ2n) is 7.10. The molecule has 1 unspecified atom stereocenters. The molecule has 0 fully saturated rings. The Hall–Kier alpha value is -3.76. The SMILES string of the molecule is COc1ccc(Cl)cc1NC(=O)C(C)n1cnc2scc(-c3ccc([N+](=O)[O-])cc3)c2c1=O. The molecule has 0 aliphatic carbocycles. The molecule has 0 saturated carbocycles. The number of thiophene rings is 1. The number of methoxy groups -OCH3 is 1. The van der Waals surface area contributed by atoms with Crippen LogP contribution >= 0.6 is 22.9 Å². The summed E-state index contributed by atoms with van der Waals surface area (Å²) < 4.78 is 6.50. The number of nitrogens with one attached hydrogen (secondary N) is 1. The maximum absolute atomic E-state index is 13.3. The van der Waals surface area contributed by atoms with E-state index in [1.165, 1.54) is 41.5 Å². The zero-order valence-electron chi connectivity index (χ0n) is 17.4. The van der Waals surface area contributed by atoms with Crippen LogP contribution in [-0.4, -0.2) is 27.5 Å². The minimum Gasteiger partial charge on any atom is -0.495 e. The van der Waals surface area contributed by atoms with Gasteiger partial charge in [0.25, 0.3) is 11.2 Å². The third-order valence-electron chi connectivity index (χ3n) is 5.12. The monoisotopic (exact) mass is 484 g/mol. The van der Waals surface area contributed by atoms with E-state index in [9.17, 15) is 19.7 Å². The van der Waals surface area contributed by atoms with Gasteiger partial charge in [-0.3, -0.25) is 24.3 Å². The lowest BCUT2D eigenvalue weighted by atomic mass is 10.1. The van der Waals surface area contributed by atoms with Crippen LogP contribution in [0.15, 0.2) is 59.0 Å². The lowest BCUT2D eigenvalue weighted by Gasteiger charge is -2.16. The Morgan fingerprint density at radius 3 is 2.67 bits per heavy atom. The van der Waals surface area contributed by atoms with Crippen LogP contribution < -0.4 is 15.6 Å². The van der Waals surface area contributed by atoms with E-state index >= 15 is 0 Å². The largest absolute Gasteiger partial charge is 0.495 e. The summed E-state index contributed by atoms with van der Waals surface area (Å²) in [6, 6.07) is 9.85. The molecule has 4 aromatic rings. The normalized spacial score (nSPS) is 11.8. The van der Waals surface area contributed by atoms with Crippen molar-refractivity contribution < 1.29 is 14.5 Å². The number of carbonyl (C=O) groups is 1. The maximum atomic E-state index is 13.3. The molecule has 0 bridgehead atoms. The van der Waals surface area contributed by atoms with Crippen molar-refractivity contribution in [2.75, 3.05) is 12.4 Å². The fourth-order valence-corrected chi connectivity index (χ4v) is 4.42. The summed E-state index contributed by atoms with van der Waals surface area (Å²) >= 11 is 7.31. The van der Waals surface area contributed by atoms with Gasteiger partial charge in [-0.05, 0) is 42.8 Å². The third-order valence-corrected chi connectivity index (χ3v) is 6.25. The minimum atomic E-state index is -0.886. The van der Waals surface area contributed by atoms with E-state index in [0.717, 1.165) is 0 Å². The molecule has 33 heavy (non-hydrogen) atoms. The molecule has 0 aliphatic heterocycles. The van der Waals surface area contributed by atoms with Crippen molar-refractivity contribution in [3.8, 4) is 16.9 Å². The predicted molar refractivity (Wildman–Crippen MR) is 127 cm³/mol. The van der Waals surface area contributed by atoms with Gasteiger partial charge in [-0.2, -0.15) is 0 Å². The first kappa shape index (κ1) is 22.4. The average Bonchev–Trinajstić information content (AvgIpc) is 3.24. The van der Waals surface area contributed by atoms with Crippen LogP contribution in [0.5, 0.6) is 5.75 Å². The molecule has 168 valence electrons. The number of anilines is 1. The molecule has 0 saturated heterocycles. The summed E-state index contributed by atoms with van der Waals surface area (Å²) in [5.41, 5.74) is 1.18. The Morgan fingerprint density at radius 2 is 2.00 bits per heavy atom. The van der Waals surface area contributed by atoms with Crippen molar-refractivity contribution in [2.24, 2.45) is 0 Å². The summed E-state index contributed by atoms with van der Waals surface area (Å²) in [6.07, 6.45) is 1.33. The van der Waals surface area contributed by atoms with Crippen molar-refractivity contribution in [3.63, 3.8) is 0 Å². The summed E-state index contributed by atoms with van der Waals surface area (Å²) in [6.45, 7) is 1.58. The molecule has 2 heterocycles. The number of nitro groups is 1. The molecular formula is C22H17ClN4O5S. The van der Waals surface area contributed by atoms with Gasteiger partial charge in [0.2, 0.25) is 5.91 Å². The number of hydrogen-bond acceptors (Lipinski definition) is 7. The van der Waals surface area contributed by atoms with Crippen LogP contribution in [0.1, 0.15) is 13.0 Å². The Kier molecular flexibility index (Phi) is 6.12. The van der Waals surface area contributed by atoms with E-state index in [1.54, 1.807) is 42.6 Å². The highest BCUT2D eigenvalue weighted by molar-refractivity contribution is 7.17. The summed E-state index contributed by atoms with van der Waals surface area (Å²) in [5, 5.41) is 16.2. The molecule has 0 spiro atoms. The zero-order valence-corrected chi connectivity index (χ0v) is 19.0. The van der Waals surface area contributed by atoms with Crippen LogP contribution in [0, 0.1) is 10.1 Å². The molecular weight excluding hydrogens is 468 g/mol. The van der Waals surface area contributed by atoms with Gasteiger partial charge in [-0.1, -0.05) is 11.6 Å². The Bertz CT molecular complexity index is 1430. The summed E-state index contributed by atoms with van der Waals surface area (Å²) in [5.74, 6) is -0.0231. The van der Waals surface area contributed by atoms with Gasteiger partial charge < -0.3 is 10.1 Å². The second kappa shape index (κ2) is 9.00. The fraction of sp³-hybridized carbons (Fsp3) is 0.136. The van der Waals surface area contributed by atoms with Crippen molar-refractivity contribution in [2.45, 2.75) is 13.0 Å². The van der Waals surface area contributed by atoms with Crippen molar-refractivity contribution in [3.05, 3.63) is 79.7 Å². The molecule has 4 rings (SSSR count). The zero-order chi connectivity index (χ0) is 23.7. The lowest BCUT2D eigenvalue weighted by molar-refractivity contribution is -0.384. The minimum absolute atomic E-state index is 0.0458. The molecule has 0 aliphatic rings. The molecule has 11 heteroatoms. The number of rotatable bonds is 6. The fourth-order valence-electron chi connectivity index (χ4n) is 3.34. The van der Waals surface area contributed by atoms with Gasteiger partial charge in [0.15, 0.2) is 0 Å². The Balaban J connectivity index is 1.70. The third kappa shape index (κ3) is 4.30. The van der Waals surface area contributed by atoms with Crippen molar-refractivity contribution in [1.29, 1.82) is 0 Å². The van der Waals surface area contributed by atoms with Crippen LogP contribution in [0.4, 0.5) is 11.4 Å². The number of nitrogens with zero attached hydrogens (tertiary/aromatic N) is 3. The lowest BCUT2D eigenvalue weighted by Crippen LogP contribution is -2.31. The molecule has 0 radical (unpaired) electrons. The molecule has 1 amide bonds. The molecule has 1 N–H and O–H groups in total. The number of hydrogen-bond donors (Lipinski definition) is 1. The Labute approximate surface area is 196 Å². The first-order valence-corrected chi connectivity index (χ1v) is 10.9. The highest BCUT2D eigenvalue weighted by Crippen LogP contribution is 2.32. The van der Waals surface area contributed by atoms with E-state index in [-0.39, 0.29) is 5.69 Å². The number of aromatic nitrogens is 2. The quantitative estimate of drug-likeness (QED) is 0.307. The van der Waals surface area contributed by atoms with Crippen molar-refractivity contribution in [1.82, 2.24) is 9.55 Å². The van der Waals surface area contributed by atoms with Crippen LogP contribution in [-0.2, 0) is 4.79 Å². The molecule has 1 atom stereocenters. The summed E-state index contributed by atoms with van der Waals surface area (Å²) in [7, 11) is 1.47. The number of ether oxygens (including phenoxy) is 1. The molecule has 2 aromatic carbocycles. The van der Waals surface area contributed by atoms with E-state index in [1.807, 2.05) is 0 Å². The highest BCUT2D eigenvalue weighted by Gasteiger charge is 2.21. The topological polar surface area (TPSA) is 116 Å². The number of amides is 1. The number of fused-ring (bicyclic) bond motifs is 1. The van der Waals surface area contributed by atoms with Gasteiger partial charge in [0, 0.05) is 28.1 Å². The van der Waals surface area contributed by atoms with E-state index in [0.29, 0.717) is 37.8 Å². The van der Waals surface area contributed by atoms with Crippen LogP contribution in [0.3, 0.4) is 0 Å².